The summed E-state index contributed by atoms with van der Waals surface area (Å²) in [5.74, 6) is -1.80. The molecule has 4 rings (SSSR count). The fraction of sp³-hybridized carbons (Fsp3) is 0.208. The van der Waals surface area contributed by atoms with E-state index in [0.717, 1.165) is 0 Å². The maximum atomic E-state index is 13.3. The topological polar surface area (TPSA) is 148 Å². The summed E-state index contributed by atoms with van der Waals surface area (Å²) in [7, 11) is 0. The Morgan fingerprint density at radius 3 is 2.54 bits per heavy atom. The molecule has 0 radical (unpaired) electrons. The van der Waals surface area contributed by atoms with Gasteiger partial charge >= 0.3 is 0 Å². The smallest absolute Gasteiger partial charge is 0.254 e. The van der Waals surface area contributed by atoms with Gasteiger partial charge in [-0.15, -0.1) is 0 Å². The second-order valence-corrected chi connectivity index (χ2v) is 8.00. The van der Waals surface area contributed by atoms with Crippen molar-refractivity contribution in [2.24, 2.45) is 5.73 Å². The van der Waals surface area contributed by atoms with E-state index in [1.54, 1.807) is 42.2 Å². The summed E-state index contributed by atoms with van der Waals surface area (Å²) in [4.78, 5) is 43.9. The fourth-order valence-electron chi connectivity index (χ4n) is 3.82. The maximum absolute atomic E-state index is 13.3. The molecule has 3 amide bonds. The van der Waals surface area contributed by atoms with Crippen molar-refractivity contribution < 1.29 is 18.8 Å². The molecule has 11 heteroatoms. The second-order valence-electron chi connectivity index (χ2n) is 8.00. The Hall–Kier alpha value is -4.54. The molecule has 0 aliphatic rings. The first kappa shape index (κ1) is 23.6. The first-order valence-corrected chi connectivity index (χ1v) is 10.9. The number of halogens is 1. The molecule has 0 saturated heterocycles. The van der Waals surface area contributed by atoms with Crippen molar-refractivity contribution >= 4 is 28.6 Å². The third-order valence-electron chi connectivity index (χ3n) is 5.61. The lowest BCUT2D eigenvalue weighted by atomic mass is 10.1. The molecule has 0 spiro atoms. The summed E-state index contributed by atoms with van der Waals surface area (Å²) >= 11 is 0. The van der Waals surface area contributed by atoms with Gasteiger partial charge in [0, 0.05) is 23.0 Å². The Kier molecular flexibility index (Phi) is 6.58. The quantitative estimate of drug-likeness (QED) is 0.307. The van der Waals surface area contributed by atoms with Gasteiger partial charge in [0.15, 0.2) is 0 Å². The van der Waals surface area contributed by atoms with Gasteiger partial charge in [0.25, 0.3) is 11.8 Å². The number of pyridine rings is 1. The number of rotatable bonds is 8. The van der Waals surface area contributed by atoms with E-state index in [4.69, 9.17) is 5.73 Å². The van der Waals surface area contributed by atoms with Crippen LogP contribution in [-0.4, -0.2) is 44.0 Å². The predicted molar refractivity (Wildman–Crippen MR) is 126 cm³/mol. The molecule has 35 heavy (non-hydrogen) atoms. The number of primary amides is 1. The van der Waals surface area contributed by atoms with Crippen molar-refractivity contribution in [2.45, 2.75) is 26.3 Å². The van der Waals surface area contributed by atoms with Gasteiger partial charge < -0.3 is 21.4 Å². The highest BCUT2D eigenvalue weighted by Gasteiger charge is 2.22. The molecule has 0 aliphatic heterocycles. The number of H-pyrrole nitrogens is 1. The standard InChI is InChI=1S/C24H24FN7O3/c1-3-19(20-8-16(13(2)30-20)23(34)28-12-22(26)33)31-24(35)18-9-27-11-21-17(18)10-29-32(21)15-6-4-14(25)5-7-15/h4-11,19,30H,3,12H2,1-2H3,(H2,26,33)(H,28,34)(H,31,35). The Bertz CT molecular complexity index is 1410. The molecule has 4 aromatic rings. The molecule has 1 aromatic carbocycles. The minimum Gasteiger partial charge on any atom is -0.368 e. The summed E-state index contributed by atoms with van der Waals surface area (Å²) in [6, 6.07) is 7.07. The Labute approximate surface area is 199 Å². The van der Waals surface area contributed by atoms with Crippen LogP contribution in [0.1, 0.15) is 51.5 Å². The van der Waals surface area contributed by atoms with Crippen LogP contribution in [0.2, 0.25) is 0 Å². The Morgan fingerprint density at radius 1 is 1.11 bits per heavy atom. The predicted octanol–water partition coefficient (Wildman–Crippen LogP) is 2.29. The van der Waals surface area contributed by atoms with Gasteiger partial charge in [-0.1, -0.05) is 6.92 Å². The zero-order chi connectivity index (χ0) is 25.1. The summed E-state index contributed by atoms with van der Waals surface area (Å²) in [5, 5.41) is 10.4. The van der Waals surface area contributed by atoms with Crippen LogP contribution >= 0.6 is 0 Å². The molecule has 0 saturated carbocycles. The van der Waals surface area contributed by atoms with Crippen LogP contribution in [-0.2, 0) is 4.79 Å². The molecule has 0 aliphatic carbocycles. The van der Waals surface area contributed by atoms with Crippen molar-refractivity contribution in [3.8, 4) is 5.69 Å². The summed E-state index contributed by atoms with van der Waals surface area (Å²) in [6.07, 6.45) is 5.16. The minimum absolute atomic E-state index is 0.269. The molecular weight excluding hydrogens is 453 g/mol. The van der Waals surface area contributed by atoms with Crippen LogP contribution in [0.3, 0.4) is 0 Å². The van der Waals surface area contributed by atoms with E-state index in [9.17, 15) is 18.8 Å². The van der Waals surface area contributed by atoms with Gasteiger partial charge in [-0.2, -0.15) is 5.10 Å². The summed E-state index contributed by atoms with van der Waals surface area (Å²) < 4.78 is 14.9. The lowest BCUT2D eigenvalue weighted by Crippen LogP contribution is -2.33. The van der Waals surface area contributed by atoms with E-state index in [1.165, 1.54) is 18.3 Å². The monoisotopic (exact) mass is 477 g/mol. The van der Waals surface area contributed by atoms with Gasteiger partial charge in [0.2, 0.25) is 5.91 Å². The maximum Gasteiger partial charge on any atom is 0.254 e. The summed E-state index contributed by atoms with van der Waals surface area (Å²) in [6.45, 7) is 3.36. The number of hydrogen-bond donors (Lipinski definition) is 4. The van der Waals surface area contributed by atoms with Gasteiger partial charge in [-0.25, -0.2) is 9.07 Å². The number of aryl methyl sites for hydroxylation is 1. The van der Waals surface area contributed by atoms with E-state index in [-0.39, 0.29) is 18.3 Å². The van der Waals surface area contributed by atoms with Crippen molar-refractivity contribution in [1.29, 1.82) is 0 Å². The van der Waals surface area contributed by atoms with Crippen molar-refractivity contribution in [3.63, 3.8) is 0 Å². The molecule has 180 valence electrons. The van der Waals surface area contributed by atoms with Gasteiger partial charge in [-0.05, 0) is 43.7 Å². The van der Waals surface area contributed by atoms with Crippen LogP contribution in [0, 0.1) is 12.7 Å². The third kappa shape index (κ3) is 4.88. The lowest BCUT2D eigenvalue weighted by Gasteiger charge is -2.16. The molecule has 0 bridgehead atoms. The van der Waals surface area contributed by atoms with Crippen LogP contribution in [0.15, 0.2) is 48.9 Å². The highest BCUT2D eigenvalue weighted by molar-refractivity contribution is 6.06. The van der Waals surface area contributed by atoms with Crippen LogP contribution in [0.25, 0.3) is 16.6 Å². The van der Waals surface area contributed by atoms with E-state index < -0.39 is 17.9 Å². The molecule has 0 fully saturated rings. The average molecular weight is 478 g/mol. The van der Waals surface area contributed by atoms with E-state index in [2.05, 4.69) is 25.7 Å². The van der Waals surface area contributed by atoms with Crippen molar-refractivity contribution in [3.05, 3.63) is 77.3 Å². The molecule has 1 atom stereocenters. The van der Waals surface area contributed by atoms with E-state index >= 15 is 0 Å². The van der Waals surface area contributed by atoms with Gasteiger partial charge in [-0.3, -0.25) is 19.4 Å². The number of hydrogen-bond acceptors (Lipinski definition) is 5. The third-order valence-corrected chi connectivity index (χ3v) is 5.61. The lowest BCUT2D eigenvalue weighted by molar-refractivity contribution is -0.117. The number of benzene rings is 1. The molecule has 1 unspecified atom stereocenters. The number of carbonyl (C=O) groups excluding carboxylic acids is 3. The van der Waals surface area contributed by atoms with Crippen LogP contribution < -0.4 is 16.4 Å². The first-order chi connectivity index (χ1) is 16.8. The Morgan fingerprint density at radius 2 is 1.86 bits per heavy atom. The highest BCUT2D eigenvalue weighted by atomic mass is 19.1. The molecular formula is C24H24FN7O3. The number of carbonyl (C=O) groups is 3. The van der Waals surface area contributed by atoms with Gasteiger partial charge in [0.05, 0.1) is 47.3 Å². The molecule has 10 nitrogen and oxygen atoms in total. The van der Waals surface area contributed by atoms with Gasteiger partial charge in [0.1, 0.15) is 5.82 Å². The SMILES string of the molecule is CCC(NC(=O)c1cncc2c1cnn2-c1ccc(F)cc1)c1cc(C(=O)NCC(N)=O)c(C)[nH]1. The zero-order valence-corrected chi connectivity index (χ0v) is 19.1. The van der Waals surface area contributed by atoms with Crippen LogP contribution in [0.5, 0.6) is 0 Å². The normalized spacial score (nSPS) is 11.9. The second kappa shape index (κ2) is 9.75. The van der Waals surface area contributed by atoms with Crippen molar-refractivity contribution in [2.75, 3.05) is 6.54 Å². The molecule has 3 aromatic heterocycles. The number of nitrogens with one attached hydrogen (secondary N) is 3. The number of nitrogens with zero attached hydrogens (tertiary/aromatic N) is 3. The number of amides is 3. The van der Waals surface area contributed by atoms with Crippen molar-refractivity contribution in [1.82, 2.24) is 30.4 Å². The zero-order valence-electron chi connectivity index (χ0n) is 19.1. The number of aromatic amines is 1. The van der Waals surface area contributed by atoms with E-state index in [0.29, 0.717) is 45.5 Å². The minimum atomic E-state index is -0.643. The molecule has 5 N–H and O–H groups in total. The number of aromatic nitrogens is 4. The molecule has 3 heterocycles. The summed E-state index contributed by atoms with van der Waals surface area (Å²) in [5.41, 5.74) is 8.25. The van der Waals surface area contributed by atoms with E-state index in [1.807, 2.05) is 6.92 Å². The van der Waals surface area contributed by atoms with Crippen LogP contribution in [0.4, 0.5) is 4.39 Å². The average Bonchev–Trinajstić information content (AvgIpc) is 3.45. The highest BCUT2D eigenvalue weighted by Crippen LogP contribution is 2.24. The largest absolute Gasteiger partial charge is 0.368 e. The number of fused-ring (bicyclic) bond motifs is 1. The number of nitrogens with two attached hydrogens (primary N) is 1. The first-order valence-electron chi connectivity index (χ1n) is 10.9. The Balaban J connectivity index is 1.58. The fourth-order valence-corrected chi connectivity index (χ4v) is 3.82.